The Morgan fingerprint density at radius 2 is 2.24 bits per heavy atom. The summed E-state index contributed by atoms with van der Waals surface area (Å²) in [6, 6.07) is -0.155. The number of aliphatic hydroxyl groups is 1. The van der Waals surface area contributed by atoms with Crippen molar-refractivity contribution in [2.75, 3.05) is 11.9 Å². The van der Waals surface area contributed by atoms with Gasteiger partial charge < -0.3 is 10.4 Å². The van der Waals surface area contributed by atoms with E-state index in [1.165, 1.54) is 10.9 Å². The van der Waals surface area contributed by atoms with E-state index in [-0.39, 0.29) is 29.3 Å². The fraction of sp³-hybridized carbons (Fsp3) is 0.636. The zero-order valence-electron chi connectivity index (χ0n) is 10.3. The normalized spacial score (nSPS) is 12.8. The van der Waals surface area contributed by atoms with E-state index in [1.807, 2.05) is 20.8 Å². The third-order valence-electron chi connectivity index (χ3n) is 2.51. The molecule has 1 unspecified atom stereocenters. The topological polar surface area (TPSA) is 67.2 Å². The van der Waals surface area contributed by atoms with Crippen LogP contribution in [-0.4, -0.2) is 27.5 Å². The average molecular weight is 260 g/mol. The van der Waals surface area contributed by atoms with Crippen molar-refractivity contribution in [3.8, 4) is 0 Å². The molecule has 0 aliphatic rings. The molecule has 5 nitrogen and oxygen atoms in total. The number of aromatic nitrogens is 2. The highest BCUT2D eigenvalue weighted by molar-refractivity contribution is 6.32. The van der Waals surface area contributed by atoms with E-state index < -0.39 is 0 Å². The summed E-state index contributed by atoms with van der Waals surface area (Å²) in [4.78, 5) is 11.9. The molecule has 1 aromatic rings. The zero-order chi connectivity index (χ0) is 13.0. The molecule has 6 heteroatoms. The molecular formula is C11H18ClN3O2. The Labute approximate surface area is 105 Å². The lowest BCUT2D eigenvalue weighted by Crippen LogP contribution is -2.28. The SMILES string of the molecule is CCC(CO)Nc1cnn(C(C)C)c(=O)c1Cl. The van der Waals surface area contributed by atoms with Gasteiger partial charge >= 0.3 is 0 Å². The summed E-state index contributed by atoms with van der Waals surface area (Å²) in [6.45, 7) is 5.64. The number of halogens is 1. The van der Waals surface area contributed by atoms with Gasteiger partial charge in [-0.15, -0.1) is 0 Å². The number of nitrogens with zero attached hydrogens (tertiary/aromatic N) is 2. The number of aliphatic hydroxyl groups excluding tert-OH is 1. The van der Waals surface area contributed by atoms with Crippen molar-refractivity contribution >= 4 is 17.3 Å². The van der Waals surface area contributed by atoms with Crippen LogP contribution in [0.5, 0.6) is 0 Å². The second kappa shape index (κ2) is 6.02. The van der Waals surface area contributed by atoms with E-state index in [2.05, 4.69) is 10.4 Å². The summed E-state index contributed by atoms with van der Waals surface area (Å²) in [5, 5.41) is 16.2. The Kier molecular flexibility index (Phi) is 4.96. The molecule has 1 aromatic heterocycles. The fourth-order valence-electron chi connectivity index (χ4n) is 1.41. The standard InChI is InChI=1S/C11H18ClN3O2/c1-4-8(6-16)14-9-5-13-15(7(2)3)11(17)10(9)12/h5,7-8,14,16H,4,6H2,1-3H3. The van der Waals surface area contributed by atoms with Gasteiger partial charge in [0.1, 0.15) is 5.02 Å². The van der Waals surface area contributed by atoms with Gasteiger partial charge in [0.25, 0.3) is 5.56 Å². The van der Waals surface area contributed by atoms with E-state index in [9.17, 15) is 4.79 Å². The van der Waals surface area contributed by atoms with E-state index in [0.717, 1.165) is 6.42 Å². The van der Waals surface area contributed by atoms with Gasteiger partial charge in [-0.2, -0.15) is 5.10 Å². The van der Waals surface area contributed by atoms with Crippen molar-refractivity contribution in [3.63, 3.8) is 0 Å². The summed E-state index contributed by atoms with van der Waals surface area (Å²) in [6.07, 6.45) is 2.25. The second-order valence-corrected chi connectivity index (χ2v) is 4.53. The molecule has 0 spiro atoms. The van der Waals surface area contributed by atoms with Gasteiger partial charge in [-0.25, -0.2) is 4.68 Å². The third-order valence-corrected chi connectivity index (χ3v) is 2.87. The number of hydrogen-bond acceptors (Lipinski definition) is 4. The van der Waals surface area contributed by atoms with Crippen LogP contribution in [-0.2, 0) is 0 Å². The largest absolute Gasteiger partial charge is 0.394 e. The average Bonchev–Trinajstić information content (AvgIpc) is 2.30. The summed E-state index contributed by atoms with van der Waals surface area (Å²) in [7, 11) is 0. The Hall–Kier alpha value is -1.07. The second-order valence-electron chi connectivity index (χ2n) is 4.15. The van der Waals surface area contributed by atoms with Crippen LogP contribution in [0, 0.1) is 0 Å². The van der Waals surface area contributed by atoms with Crippen molar-refractivity contribution in [1.29, 1.82) is 0 Å². The summed E-state index contributed by atoms with van der Waals surface area (Å²) < 4.78 is 1.33. The fourth-order valence-corrected chi connectivity index (χ4v) is 1.60. The molecule has 0 saturated carbocycles. The molecule has 0 saturated heterocycles. The Balaban J connectivity index is 3.04. The van der Waals surface area contributed by atoms with Gasteiger partial charge in [0.15, 0.2) is 0 Å². The number of hydrogen-bond donors (Lipinski definition) is 2. The molecule has 0 amide bonds. The van der Waals surface area contributed by atoms with Gasteiger partial charge in [-0.1, -0.05) is 18.5 Å². The molecular weight excluding hydrogens is 242 g/mol. The van der Waals surface area contributed by atoms with Crippen LogP contribution < -0.4 is 10.9 Å². The van der Waals surface area contributed by atoms with Crippen LogP contribution in [0.4, 0.5) is 5.69 Å². The Bertz CT molecular complexity index is 427. The molecule has 1 heterocycles. The lowest BCUT2D eigenvalue weighted by Gasteiger charge is -2.17. The highest BCUT2D eigenvalue weighted by Gasteiger charge is 2.13. The van der Waals surface area contributed by atoms with Crippen LogP contribution in [0.2, 0.25) is 5.02 Å². The van der Waals surface area contributed by atoms with Gasteiger partial charge in [0, 0.05) is 6.04 Å². The molecule has 0 radical (unpaired) electrons. The van der Waals surface area contributed by atoms with Crippen LogP contribution in [0.15, 0.2) is 11.0 Å². The third kappa shape index (κ3) is 3.20. The molecule has 17 heavy (non-hydrogen) atoms. The molecule has 0 aliphatic carbocycles. The molecule has 2 N–H and O–H groups in total. The first-order valence-corrected chi connectivity index (χ1v) is 6.03. The first-order chi connectivity index (χ1) is 8.01. The van der Waals surface area contributed by atoms with Gasteiger partial charge in [0.05, 0.1) is 24.5 Å². The number of rotatable bonds is 5. The van der Waals surface area contributed by atoms with Crippen molar-refractivity contribution in [2.24, 2.45) is 0 Å². The van der Waals surface area contributed by atoms with Gasteiger partial charge in [-0.05, 0) is 20.3 Å². The smallest absolute Gasteiger partial charge is 0.287 e. The van der Waals surface area contributed by atoms with Crippen molar-refractivity contribution < 1.29 is 5.11 Å². The molecule has 1 atom stereocenters. The first kappa shape index (κ1) is 14.0. The lowest BCUT2D eigenvalue weighted by molar-refractivity contribution is 0.272. The van der Waals surface area contributed by atoms with E-state index in [4.69, 9.17) is 16.7 Å². The van der Waals surface area contributed by atoms with Crippen LogP contribution >= 0.6 is 11.6 Å². The zero-order valence-corrected chi connectivity index (χ0v) is 11.0. The van der Waals surface area contributed by atoms with Crippen LogP contribution in [0.1, 0.15) is 33.2 Å². The number of anilines is 1. The highest BCUT2D eigenvalue weighted by Crippen LogP contribution is 2.17. The molecule has 1 rings (SSSR count). The predicted molar refractivity (Wildman–Crippen MR) is 68.7 cm³/mol. The Morgan fingerprint density at radius 1 is 1.59 bits per heavy atom. The van der Waals surface area contributed by atoms with E-state index in [0.29, 0.717) is 5.69 Å². The maximum atomic E-state index is 11.9. The highest BCUT2D eigenvalue weighted by atomic mass is 35.5. The minimum Gasteiger partial charge on any atom is -0.394 e. The van der Waals surface area contributed by atoms with Crippen LogP contribution in [0.3, 0.4) is 0 Å². The maximum Gasteiger partial charge on any atom is 0.287 e. The predicted octanol–water partition coefficient (Wildman–Crippen LogP) is 1.66. The quantitative estimate of drug-likeness (QED) is 0.844. The lowest BCUT2D eigenvalue weighted by atomic mass is 10.2. The molecule has 0 bridgehead atoms. The molecule has 0 fully saturated rings. The van der Waals surface area contributed by atoms with Crippen molar-refractivity contribution in [1.82, 2.24) is 9.78 Å². The Morgan fingerprint density at radius 3 is 2.71 bits per heavy atom. The minimum atomic E-state index is -0.320. The molecule has 0 aromatic carbocycles. The minimum absolute atomic E-state index is 0.0138. The summed E-state index contributed by atoms with van der Waals surface area (Å²) >= 11 is 5.98. The van der Waals surface area contributed by atoms with Crippen molar-refractivity contribution in [3.05, 3.63) is 21.6 Å². The molecule has 96 valence electrons. The van der Waals surface area contributed by atoms with Crippen LogP contribution in [0.25, 0.3) is 0 Å². The van der Waals surface area contributed by atoms with Gasteiger partial charge in [-0.3, -0.25) is 4.79 Å². The summed E-state index contributed by atoms with van der Waals surface area (Å²) in [5.74, 6) is 0. The monoisotopic (exact) mass is 259 g/mol. The first-order valence-electron chi connectivity index (χ1n) is 5.65. The molecule has 0 aliphatic heterocycles. The summed E-state index contributed by atoms with van der Waals surface area (Å²) in [5.41, 5.74) is 0.147. The van der Waals surface area contributed by atoms with E-state index >= 15 is 0 Å². The van der Waals surface area contributed by atoms with Gasteiger partial charge in [0.2, 0.25) is 0 Å². The maximum absolute atomic E-state index is 11.9. The van der Waals surface area contributed by atoms with E-state index in [1.54, 1.807) is 0 Å². The van der Waals surface area contributed by atoms with Crippen molar-refractivity contribution in [2.45, 2.75) is 39.3 Å². The number of nitrogens with one attached hydrogen (secondary N) is 1.